The van der Waals surface area contributed by atoms with Crippen molar-refractivity contribution < 1.29 is 76.2 Å². The molecule has 0 spiro atoms. The van der Waals surface area contributed by atoms with E-state index in [9.17, 15) is 5.11 Å². The first-order chi connectivity index (χ1) is 45.0. The van der Waals surface area contributed by atoms with Crippen LogP contribution in [0.25, 0.3) is 0 Å². The van der Waals surface area contributed by atoms with Crippen LogP contribution in [0.1, 0.15) is 50.8 Å². The van der Waals surface area contributed by atoms with Gasteiger partial charge in [-0.05, 0) is 38.9 Å². The molecule has 1 unspecified atom stereocenters. The Hall–Kier alpha value is -6.88. The van der Waals surface area contributed by atoms with Gasteiger partial charge in [0, 0.05) is 12.7 Å². The first-order valence-electron chi connectivity index (χ1n) is 31.3. The van der Waals surface area contributed by atoms with Crippen LogP contribution in [0.5, 0.6) is 0 Å². The fraction of sp³-hybridized carbons (Fsp3) is 0.360. The summed E-state index contributed by atoms with van der Waals surface area (Å²) < 4.78 is 105. The molecule has 0 aliphatic carbocycles. The zero-order valence-electron chi connectivity index (χ0n) is 51.0. The third kappa shape index (κ3) is 17.4. The monoisotopic (exact) mass is 1240 g/mol. The van der Waals surface area contributed by atoms with E-state index in [1.165, 1.54) is 0 Å². The Labute approximate surface area is 532 Å². The van der Waals surface area contributed by atoms with Crippen molar-refractivity contribution in [2.75, 3.05) is 26.9 Å². The van der Waals surface area contributed by atoms with Crippen molar-refractivity contribution in [1.29, 1.82) is 0 Å². The molecule has 4 aliphatic heterocycles. The van der Waals surface area contributed by atoms with Gasteiger partial charge in [0.2, 0.25) is 0 Å². The average molecular weight is 1240 g/mol. The van der Waals surface area contributed by atoms with Crippen molar-refractivity contribution in [3.63, 3.8) is 0 Å². The Kier molecular flexibility index (Phi) is 23.4. The highest BCUT2D eigenvalue weighted by Crippen LogP contribution is 2.42. The largest absolute Gasteiger partial charge is 0.387 e. The summed E-state index contributed by atoms with van der Waals surface area (Å²) in [6, 6.07) is 78.8. The lowest BCUT2D eigenvalue weighted by Gasteiger charge is -2.53. The Morgan fingerprint density at radius 3 is 1.12 bits per heavy atom. The van der Waals surface area contributed by atoms with E-state index >= 15 is 0 Å². The third-order valence-electron chi connectivity index (χ3n) is 16.6. The van der Waals surface area contributed by atoms with E-state index in [1.54, 1.807) is 7.11 Å². The Morgan fingerprint density at radius 1 is 0.341 bits per heavy atom. The number of methoxy groups -OCH3 is 1. The van der Waals surface area contributed by atoms with E-state index < -0.39 is 98.4 Å². The van der Waals surface area contributed by atoms with Crippen LogP contribution in [0.2, 0.25) is 0 Å². The van der Waals surface area contributed by atoms with E-state index in [1.807, 2.05) is 243 Å². The second-order valence-electron chi connectivity index (χ2n) is 23.0. The lowest BCUT2D eigenvalue weighted by Crippen LogP contribution is -2.69. The predicted octanol–water partition coefficient (Wildman–Crippen LogP) is 11.4. The summed E-state index contributed by atoms with van der Waals surface area (Å²) in [5.74, 6) is 0. The molecule has 12 rings (SSSR count). The molecule has 16 atom stereocenters. The Bertz CT molecular complexity index is 3310. The second-order valence-corrected chi connectivity index (χ2v) is 23.0. The Balaban J connectivity index is 0.948. The minimum atomic E-state index is -1.27. The molecule has 4 fully saturated rings. The number of benzene rings is 8. The van der Waals surface area contributed by atoms with Crippen molar-refractivity contribution in [3.8, 4) is 0 Å². The number of ether oxygens (including phenoxy) is 15. The SMILES string of the molecule is CO[C@@H]1O[C@H](COCc2ccccc2)[C@@H](O[C@@H]2O[C@@H]3COC(c4ccccc4)O[C@H]3[C@H](O[C@@H]3O[C@H](COCc4ccccc4)[C@@H](O)[C@H](OCc4ccccc4)[C@@H]3OCc3ccccc3)[C@@H]2OCc2ccccc2)[C@H](OCc2ccccc2)[C@@H]1OCc1ccccc1. The van der Waals surface area contributed by atoms with E-state index in [4.69, 9.17) is 71.1 Å². The molecule has 0 amide bonds. The number of aliphatic hydroxyl groups is 1. The van der Waals surface area contributed by atoms with Gasteiger partial charge in [0.15, 0.2) is 25.2 Å². The lowest BCUT2D eigenvalue weighted by molar-refractivity contribution is -0.414. The van der Waals surface area contributed by atoms with Crippen LogP contribution in [0.3, 0.4) is 0 Å². The van der Waals surface area contributed by atoms with Crippen LogP contribution in [-0.4, -0.2) is 124 Å². The van der Waals surface area contributed by atoms with Crippen LogP contribution in [0, 0.1) is 0 Å². The topological polar surface area (TPSA) is 159 Å². The summed E-state index contributed by atoms with van der Waals surface area (Å²) in [4.78, 5) is 0. The molecule has 0 radical (unpaired) electrons. The van der Waals surface area contributed by atoms with E-state index in [2.05, 4.69) is 0 Å². The molecule has 0 aromatic heterocycles. The van der Waals surface area contributed by atoms with E-state index in [0.717, 1.165) is 44.5 Å². The molecule has 4 aliphatic rings. The van der Waals surface area contributed by atoms with Crippen LogP contribution >= 0.6 is 0 Å². The molecule has 1 N–H and O–H groups in total. The maximum Gasteiger partial charge on any atom is 0.187 e. The molecule has 8 aromatic carbocycles. The van der Waals surface area contributed by atoms with Gasteiger partial charge in [-0.25, -0.2) is 0 Å². The summed E-state index contributed by atoms with van der Waals surface area (Å²) in [5.41, 5.74) is 7.24. The average Bonchev–Trinajstić information content (AvgIpc) is 0.835. The maximum absolute atomic E-state index is 12.7. The van der Waals surface area contributed by atoms with Gasteiger partial charge in [-0.2, -0.15) is 0 Å². The van der Waals surface area contributed by atoms with Crippen LogP contribution in [0.4, 0.5) is 0 Å². The summed E-state index contributed by atoms with van der Waals surface area (Å²) in [5, 5.41) is 12.7. The number of rotatable bonds is 29. The predicted molar refractivity (Wildman–Crippen MR) is 336 cm³/mol. The van der Waals surface area contributed by atoms with Crippen molar-refractivity contribution in [1.82, 2.24) is 0 Å². The summed E-state index contributed by atoms with van der Waals surface area (Å²) in [7, 11) is 1.59. The van der Waals surface area contributed by atoms with Crippen LogP contribution in [-0.2, 0) is 117 Å². The molecule has 4 heterocycles. The number of hydrogen-bond acceptors (Lipinski definition) is 16. The second kappa shape index (κ2) is 33.1. The smallest absolute Gasteiger partial charge is 0.187 e. The summed E-state index contributed by atoms with van der Waals surface area (Å²) >= 11 is 0. The first-order valence-corrected chi connectivity index (χ1v) is 31.3. The van der Waals surface area contributed by atoms with Gasteiger partial charge in [-0.3, -0.25) is 0 Å². The molecular formula is C75H80O16. The zero-order valence-corrected chi connectivity index (χ0v) is 51.0. The van der Waals surface area contributed by atoms with E-state index in [0.29, 0.717) is 0 Å². The van der Waals surface area contributed by atoms with Crippen LogP contribution < -0.4 is 0 Å². The number of hydrogen-bond donors (Lipinski definition) is 1. The highest BCUT2D eigenvalue weighted by atomic mass is 16.8. The van der Waals surface area contributed by atoms with E-state index in [-0.39, 0.29) is 66.1 Å². The summed E-state index contributed by atoms with van der Waals surface area (Å²) in [6.07, 6.45) is -16.2. The first kappa shape index (κ1) is 64.2. The van der Waals surface area contributed by atoms with Gasteiger partial charge in [-0.1, -0.05) is 243 Å². The zero-order chi connectivity index (χ0) is 61.8. The molecule has 16 heteroatoms. The van der Waals surface area contributed by atoms with Gasteiger partial charge in [0.1, 0.15) is 73.2 Å². The Morgan fingerprint density at radius 2 is 0.681 bits per heavy atom. The van der Waals surface area contributed by atoms with Crippen LogP contribution in [0.15, 0.2) is 243 Å². The van der Waals surface area contributed by atoms with Crippen molar-refractivity contribution in [2.24, 2.45) is 0 Å². The van der Waals surface area contributed by atoms with Crippen molar-refractivity contribution >= 4 is 0 Å². The van der Waals surface area contributed by atoms with Gasteiger partial charge < -0.3 is 76.2 Å². The minimum Gasteiger partial charge on any atom is -0.387 e. The number of fused-ring (bicyclic) bond motifs is 1. The molecule has 4 saturated heterocycles. The standard InChI is InChI=1S/C75H80O16/c1-77-73-70(83-47-57-36-20-7-21-37-57)67(81-45-55-32-16-5-17-33-55)64(61(87-73)50-79-43-53-28-12-3-13-29-53)90-75-71(84-48-58-38-22-8-23-39-58)68(65-62(88-75)51-85-72(89-65)59-40-24-9-25-41-59)91-74-69(82-46-56-34-18-6-19-35-56)66(80-44-54-30-14-4-15-31-54)63(76)60(86-74)49-78-42-52-26-10-2-11-27-52/h2-41,60-76H,42-51H2,1H3/t60-,61-,62-,63-,64-,65-,66+,67+,68+,69+,70+,71+,72?,73-,74+,75+/m1/s1. The molecule has 0 bridgehead atoms. The van der Waals surface area contributed by atoms with Gasteiger partial charge >= 0.3 is 0 Å². The van der Waals surface area contributed by atoms with Gasteiger partial charge in [0.25, 0.3) is 0 Å². The van der Waals surface area contributed by atoms with Crippen molar-refractivity contribution in [3.05, 3.63) is 287 Å². The van der Waals surface area contributed by atoms with Crippen molar-refractivity contribution in [2.45, 2.75) is 145 Å². The quantitative estimate of drug-likeness (QED) is 0.0471. The third-order valence-corrected chi connectivity index (χ3v) is 16.6. The lowest BCUT2D eigenvalue weighted by atomic mass is 9.94. The fourth-order valence-corrected chi connectivity index (χ4v) is 11.9. The van der Waals surface area contributed by atoms with Gasteiger partial charge in [0.05, 0.1) is 66.1 Å². The maximum atomic E-state index is 12.7. The molecule has 476 valence electrons. The highest BCUT2D eigenvalue weighted by molar-refractivity contribution is 5.21. The molecule has 91 heavy (non-hydrogen) atoms. The summed E-state index contributed by atoms with van der Waals surface area (Å²) in [6.45, 7) is 1.37. The molecular weight excluding hydrogens is 1160 g/mol. The molecule has 16 nitrogen and oxygen atoms in total. The number of aliphatic hydroxyl groups excluding tert-OH is 1. The fourth-order valence-electron chi connectivity index (χ4n) is 11.9. The molecule has 8 aromatic rings. The minimum absolute atomic E-state index is 0.0256. The highest BCUT2D eigenvalue weighted by Gasteiger charge is 2.58. The van der Waals surface area contributed by atoms with Gasteiger partial charge in [-0.15, -0.1) is 0 Å². The molecule has 0 saturated carbocycles. The normalized spacial score (nSPS) is 28.2.